The summed E-state index contributed by atoms with van der Waals surface area (Å²) in [6.07, 6.45) is 2.20. The number of rotatable bonds is 6. The van der Waals surface area contributed by atoms with Crippen LogP contribution < -0.4 is 9.64 Å². The van der Waals surface area contributed by atoms with Crippen molar-refractivity contribution < 1.29 is 23.8 Å². The molecule has 0 spiro atoms. The molecule has 0 saturated carbocycles. The lowest BCUT2D eigenvalue weighted by Crippen LogP contribution is -2.50. The van der Waals surface area contributed by atoms with E-state index in [0.29, 0.717) is 64.3 Å². The second-order valence-electron chi connectivity index (χ2n) is 12.0. The lowest BCUT2D eigenvalue weighted by Gasteiger charge is -2.38. The molecule has 3 aliphatic rings. The Hall–Kier alpha value is -3.60. The van der Waals surface area contributed by atoms with E-state index in [1.54, 1.807) is 9.80 Å². The first-order valence-electron chi connectivity index (χ1n) is 14.6. The van der Waals surface area contributed by atoms with Gasteiger partial charge in [-0.15, -0.1) is 0 Å². The monoisotopic (exact) mass is 566 g/mol. The molecule has 0 bridgehead atoms. The number of hydrogen-bond donors (Lipinski definition) is 0. The number of aromatic nitrogens is 2. The third kappa shape index (κ3) is 7.38. The van der Waals surface area contributed by atoms with Crippen molar-refractivity contribution in [3.63, 3.8) is 0 Å². The van der Waals surface area contributed by atoms with Crippen LogP contribution in [0.2, 0.25) is 0 Å². The van der Waals surface area contributed by atoms with Crippen LogP contribution in [0.15, 0.2) is 30.3 Å². The summed E-state index contributed by atoms with van der Waals surface area (Å²) < 4.78 is 17.3. The Kier molecular flexibility index (Phi) is 8.82. The standard InChI is InChI=1S/C30H42N6O5/c1-30(2,3)41-29(38)35-17-15-34(16-18-35)26-24-12-14-36(28(37)40-20-22-9-6-5-7-10-22)19-25(24)31-27(32-26)39-21-23-11-8-13-33(23)4/h5-7,9-10,23H,8,11-21H2,1-4H3/t23-/m1/s1. The molecule has 2 saturated heterocycles. The number of carbonyl (C=O) groups excluding carboxylic acids is 2. The number of benzene rings is 1. The third-order valence-corrected chi connectivity index (χ3v) is 7.79. The normalized spacial score (nSPS) is 19.6. The fraction of sp³-hybridized carbons (Fsp3) is 0.600. The van der Waals surface area contributed by atoms with Crippen LogP contribution in [-0.2, 0) is 29.0 Å². The van der Waals surface area contributed by atoms with Gasteiger partial charge in [-0.3, -0.25) is 0 Å². The number of fused-ring (bicyclic) bond motifs is 1. The van der Waals surface area contributed by atoms with Gasteiger partial charge in [-0.2, -0.15) is 9.97 Å². The summed E-state index contributed by atoms with van der Waals surface area (Å²) in [7, 11) is 2.11. The lowest BCUT2D eigenvalue weighted by atomic mass is 10.0. The summed E-state index contributed by atoms with van der Waals surface area (Å²) in [5.74, 6) is 0.825. The molecule has 2 fully saturated rings. The number of piperazine rings is 1. The Bertz CT molecular complexity index is 1210. The number of ether oxygens (including phenoxy) is 3. The quantitative estimate of drug-likeness (QED) is 0.518. The van der Waals surface area contributed by atoms with Gasteiger partial charge in [0.25, 0.3) is 0 Å². The lowest BCUT2D eigenvalue weighted by molar-refractivity contribution is 0.0240. The molecule has 3 aliphatic heterocycles. The van der Waals surface area contributed by atoms with Crippen molar-refractivity contribution in [3.8, 4) is 6.01 Å². The summed E-state index contributed by atoms with van der Waals surface area (Å²) in [5.41, 5.74) is 2.21. The van der Waals surface area contributed by atoms with Gasteiger partial charge in [0.2, 0.25) is 0 Å². The average Bonchev–Trinajstić information content (AvgIpc) is 3.38. The molecule has 1 atom stereocenters. The summed E-state index contributed by atoms with van der Waals surface area (Å²) in [6, 6.07) is 10.3. The zero-order chi connectivity index (χ0) is 29.0. The average molecular weight is 567 g/mol. The van der Waals surface area contributed by atoms with Crippen LogP contribution in [0.1, 0.15) is 50.4 Å². The number of anilines is 1. The molecule has 2 amide bonds. The van der Waals surface area contributed by atoms with Gasteiger partial charge in [0.1, 0.15) is 24.6 Å². The Morgan fingerprint density at radius 1 is 0.951 bits per heavy atom. The minimum Gasteiger partial charge on any atom is -0.462 e. The number of carbonyl (C=O) groups is 2. The van der Waals surface area contributed by atoms with Crippen molar-refractivity contribution in [1.82, 2.24) is 24.7 Å². The van der Waals surface area contributed by atoms with Crippen molar-refractivity contribution in [3.05, 3.63) is 47.2 Å². The van der Waals surface area contributed by atoms with Crippen molar-refractivity contribution in [2.75, 3.05) is 57.8 Å². The summed E-state index contributed by atoms with van der Waals surface area (Å²) in [4.78, 5) is 43.1. The molecular weight excluding hydrogens is 524 g/mol. The van der Waals surface area contributed by atoms with Gasteiger partial charge >= 0.3 is 18.2 Å². The van der Waals surface area contributed by atoms with Crippen LogP contribution in [0.25, 0.3) is 0 Å². The Morgan fingerprint density at radius 3 is 2.39 bits per heavy atom. The van der Waals surface area contributed by atoms with Crippen LogP contribution in [0.5, 0.6) is 6.01 Å². The molecule has 222 valence electrons. The maximum Gasteiger partial charge on any atom is 0.410 e. The van der Waals surface area contributed by atoms with E-state index in [2.05, 4.69) is 16.8 Å². The molecule has 11 nitrogen and oxygen atoms in total. The Morgan fingerprint density at radius 2 is 1.71 bits per heavy atom. The molecule has 1 aromatic heterocycles. The molecule has 0 N–H and O–H groups in total. The first kappa shape index (κ1) is 28.9. The molecule has 2 aromatic rings. The second kappa shape index (κ2) is 12.5. The highest BCUT2D eigenvalue weighted by Gasteiger charge is 2.32. The smallest absolute Gasteiger partial charge is 0.410 e. The van der Waals surface area contributed by atoms with Crippen LogP contribution in [0.4, 0.5) is 15.4 Å². The van der Waals surface area contributed by atoms with Gasteiger partial charge in [0.05, 0.1) is 12.2 Å². The number of nitrogens with zero attached hydrogens (tertiary/aromatic N) is 6. The molecule has 11 heteroatoms. The van der Waals surface area contributed by atoms with Crippen LogP contribution in [-0.4, -0.2) is 101 Å². The van der Waals surface area contributed by atoms with Crippen molar-refractivity contribution in [2.45, 2.75) is 64.8 Å². The summed E-state index contributed by atoms with van der Waals surface area (Å²) >= 11 is 0. The molecule has 5 rings (SSSR count). The van der Waals surface area contributed by atoms with Gasteiger partial charge in [-0.1, -0.05) is 30.3 Å². The van der Waals surface area contributed by atoms with E-state index in [1.807, 2.05) is 51.1 Å². The number of amides is 2. The highest BCUT2D eigenvalue weighted by atomic mass is 16.6. The number of likely N-dealkylation sites (N-methyl/N-ethyl adjacent to an activating group) is 1. The largest absolute Gasteiger partial charge is 0.462 e. The van der Waals surface area contributed by atoms with Gasteiger partial charge in [-0.25, -0.2) is 9.59 Å². The van der Waals surface area contributed by atoms with Crippen molar-refractivity contribution in [1.29, 1.82) is 0 Å². The molecule has 4 heterocycles. The fourth-order valence-corrected chi connectivity index (χ4v) is 5.47. The molecule has 41 heavy (non-hydrogen) atoms. The third-order valence-electron chi connectivity index (χ3n) is 7.79. The van der Waals surface area contributed by atoms with E-state index in [9.17, 15) is 9.59 Å². The molecule has 0 radical (unpaired) electrons. The molecule has 0 unspecified atom stereocenters. The maximum atomic E-state index is 13.0. The minimum absolute atomic E-state index is 0.225. The predicted octanol–water partition coefficient (Wildman–Crippen LogP) is 3.70. The van der Waals surface area contributed by atoms with E-state index in [0.717, 1.165) is 42.0 Å². The molecular formula is C30H42N6O5. The second-order valence-corrected chi connectivity index (χ2v) is 12.0. The highest BCUT2D eigenvalue weighted by Crippen LogP contribution is 2.30. The van der Waals surface area contributed by atoms with Crippen LogP contribution in [0.3, 0.4) is 0 Å². The predicted molar refractivity (Wildman–Crippen MR) is 154 cm³/mol. The van der Waals surface area contributed by atoms with E-state index < -0.39 is 5.60 Å². The van der Waals surface area contributed by atoms with E-state index in [-0.39, 0.29) is 18.8 Å². The van der Waals surface area contributed by atoms with Gasteiger partial charge in [0, 0.05) is 44.3 Å². The SMILES string of the molecule is CN1CCC[C@@H]1COc1nc2c(c(N3CCN(C(=O)OC(C)(C)C)CC3)n1)CCN(C(=O)OCc1ccccc1)C2. The van der Waals surface area contributed by atoms with Crippen LogP contribution >= 0.6 is 0 Å². The first-order valence-corrected chi connectivity index (χ1v) is 14.6. The summed E-state index contributed by atoms with van der Waals surface area (Å²) in [5, 5.41) is 0. The number of likely N-dealkylation sites (tertiary alicyclic amines) is 1. The van der Waals surface area contributed by atoms with E-state index >= 15 is 0 Å². The molecule has 0 aliphatic carbocycles. The Balaban J connectivity index is 1.30. The fourth-order valence-electron chi connectivity index (χ4n) is 5.47. The summed E-state index contributed by atoms with van der Waals surface area (Å²) in [6.45, 7) is 10.6. The maximum absolute atomic E-state index is 13.0. The van der Waals surface area contributed by atoms with Crippen molar-refractivity contribution in [2.24, 2.45) is 0 Å². The topological polar surface area (TPSA) is 101 Å². The number of hydrogen-bond acceptors (Lipinski definition) is 9. The van der Waals surface area contributed by atoms with Gasteiger partial charge in [0.15, 0.2) is 0 Å². The Labute approximate surface area is 242 Å². The molecule has 1 aromatic carbocycles. The van der Waals surface area contributed by atoms with Gasteiger partial charge in [-0.05, 0) is 59.2 Å². The van der Waals surface area contributed by atoms with Gasteiger partial charge < -0.3 is 33.8 Å². The van der Waals surface area contributed by atoms with Crippen molar-refractivity contribution >= 4 is 18.0 Å². The minimum atomic E-state index is -0.534. The van der Waals surface area contributed by atoms with Crippen LogP contribution in [0, 0.1) is 0 Å². The highest BCUT2D eigenvalue weighted by molar-refractivity contribution is 5.69. The zero-order valence-corrected chi connectivity index (χ0v) is 24.7. The van der Waals surface area contributed by atoms with E-state index in [4.69, 9.17) is 24.2 Å². The first-order chi connectivity index (χ1) is 19.7. The zero-order valence-electron chi connectivity index (χ0n) is 24.7. The van der Waals surface area contributed by atoms with E-state index in [1.165, 1.54) is 0 Å².